The number of aryl methyl sites for hydroxylation is 1. The van der Waals surface area contributed by atoms with Crippen molar-refractivity contribution in [1.82, 2.24) is 0 Å². The van der Waals surface area contributed by atoms with Crippen molar-refractivity contribution in [3.05, 3.63) is 29.3 Å². The van der Waals surface area contributed by atoms with Gasteiger partial charge in [-0.15, -0.1) is 0 Å². The van der Waals surface area contributed by atoms with Crippen LogP contribution in [0.1, 0.15) is 44.4 Å². The summed E-state index contributed by atoms with van der Waals surface area (Å²) in [7, 11) is 0. The fourth-order valence-corrected chi connectivity index (χ4v) is 1.60. The highest BCUT2D eigenvalue weighted by atomic mass is 16.5. The average molecular weight is 247 g/mol. The lowest BCUT2D eigenvalue weighted by atomic mass is 9.92. The van der Waals surface area contributed by atoms with E-state index in [4.69, 9.17) is 10.00 Å². The fraction of sp³-hybridized carbons (Fsp3) is 0.533. The molecule has 98 valence electrons. The Morgan fingerprint density at radius 1 is 1.44 bits per heavy atom. The molecule has 0 aliphatic heterocycles. The Labute approximate surface area is 109 Å². The predicted molar refractivity (Wildman–Crippen MR) is 71.3 cm³/mol. The van der Waals surface area contributed by atoms with Gasteiger partial charge in [0.25, 0.3) is 0 Å². The molecule has 0 heterocycles. The third kappa shape index (κ3) is 4.05. The minimum absolute atomic E-state index is 0.379. The van der Waals surface area contributed by atoms with E-state index in [1.165, 1.54) is 0 Å². The zero-order valence-electron chi connectivity index (χ0n) is 11.5. The summed E-state index contributed by atoms with van der Waals surface area (Å²) < 4.78 is 5.68. The van der Waals surface area contributed by atoms with E-state index in [-0.39, 0.29) is 5.41 Å². The normalized spacial score (nSPS) is 12.9. The van der Waals surface area contributed by atoms with Crippen molar-refractivity contribution >= 4 is 0 Å². The quantitative estimate of drug-likeness (QED) is 0.868. The van der Waals surface area contributed by atoms with Crippen molar-refractivity contribution in [2.45, 2.75) is 40.2 Å². The highest BCUT2D eigenvalue weighted by Crippen LogP contribution is 2.27. The third-order valence-electron chi connectivity index (χ3n) is 2.90. The van der Waals surface area contributed by atoms with Crippen LogP contribution in [-0.2, 0) is 0 Å². The standard InChI is InChI=1S/C15H21NO2/c1-11-5-6-14(13(9-11)12(2)17)18-8-7-15(3,4)10-16/h5-6,9,12,17H,7-8H2,1-4H3/t12-/m1/s1. The van der Waals surface area contributed by atoms with E-state index in [2.05, 4.69) is 6.07 Å². The first kappa shape index (κ1) is 14.5. The van der Waals surface area contributed by atoms with Crippen molar-refractivity contribution in [2.24, 2.45) is 5.41 Å². The summed E-state index contributed by atoms with van der Waals surface area (Å²) in [6.07, 6.45) is 0.111. The molecule has 3 heteroatoms. The molecular formula is C15H21NO2. The lowest BCUT2D eigenvalue weighted by Crippen LogP contribution is -2.13. The Morgan fingerprint density at radius 3 is 2.67 bits per heavy atom. The zero-order chi connectivity index (χ0) is 13.8. The van der Waals surface area contributed by atoms with Crippen LogP contribution in [0, 0.1) is 23.7 Å². The molecule has 0 saturated heterocycles. The molecule has 1 rings (SSSR count). The van der Waals surface area contributed by atoms with Crippen LogP contribution in [0.5, 0.6) is 5.75 Å². The number of hydrogen-bond donors (Lipinski definition) is 1. The van der Waals surface area contributed by atoms with Gasteiger partial charge in [0.2, 0.25) is 0 Å². The van der Waals surface area contributed by atoms with Gasteiger partial charge in [-0.2, -0.15) is 5.26 Å². The van der Waals surface area contributed by atoms with Crippen LogP contribution in [0.4, 0.5) is 0 Å². The molecule has 0 aromatic heterocycles. The van der Waals surface area contributed by atoms with E-state index in [1.54, 1.807) is 6.92 Å². The van der Waals surface area contributed by atoms with Gasteiger partial charge in [0, 0.05) is 5.56 Å². The van der Waals surface area contributed by atoms with Gasteiger partial charge in [-0.3, -0.25) is 0 Å². The Morgan fingerprint density at radius 2 is 2.11 bits per heavy atom. The van der Waals surface area contributed by atoms with Crippen LogP contribution in [0.15, 0.2) is 18.2 Å². The van der Waals surface area contributed by atoms with E-state index in [9.17, 15) is 5.11 Å². The maximum atomic E-state index is 9.70. The van der Waals surface area contributed by atoms with Crippen molar-refractivity contribution < 1.29 is 9.84 Å². The molecule has 0 radical (unpaired) electrons. The van der Waals surface area contributed by atoms with Gasteiger partial charge in [-0.25, -0.2) is 0 Å². The molecule has 3 nitrogen and oxygen atoms in total. The average Bonchev–Trinajstić information content (AvgIpc) is 2.30. The first-order valence-electron chi connectivity index (χ1n) is 6.18. The van der Waals surface area contributed by atoms with Crippen LogP contribution in [0.25, 0.3) is 0 Å². The maximum Gasteiger partial charge on any atom is 0.125 e. The van der Waals surface area contributed by atoms with E-state index in [1.807, 2.05) is 39.0 Å². The zero-order valence-corrected chi connectivity index (χ0v) is 11.5. The summed E-state index contributed by atoms with van der Waals surface area (Å²) in [6, 6.07) is 8.00. The monoisotopic (exact) mass is 247 g/mol. The Kier molecular flexibility index (Phi) is 4.75. The summed E-state index contributed by atoms with van der Waals surface area (Å²) >= 11 is 0. The van der Waals surface area contributed by atoms with Crippen molar-refractivity contribution in [3.63, 3.8) is 0 Å². The van der Waals surface area contributed by atoms with E-state index in [0.29, 0.717) is 18.8 Å². The molecule has 0 spiro atoms. The maximum absolute atomic E-state index is 9.70. The summed E-state index contributed by atoms with van der Waals surface area (Å²) in [5.41, 5.74) is 1.51. The number of benzene rings is 1. The number of aliphatic hydroxyl groups is 1. The largest absolute Gasteiger partial charge is 0.493 e. The Hall–Kier alpha value is -1.53. The smallest absolute Gasteiger partial charge is 0.125 e. The first-order valence-corrected chi connectivity index (χ1v) is 6.18. The molecule has 1 aromatic rings. The van der Waals surface area contributed by atoms with Gasteiger partial charge in [-0.05, 0) is 46.2 Å². The lowest BCUT2D eigenvalue weighted by molar-refractivity contribution is 0.188. The number of ether oxygens (including phenoxy) is 1. The van der Waals surface area contributed by atoms with Gasteiger partial charge in [-0.1, -0.05) is 11.6 Å². The molecule has 1 aromatic carbocycles. The van der Waals surface area contributed by atoms with Crippen molar-refractivity contribution in [2.75, 3.05) is 6.61 Å². The van der Waals surface area contributed by atoms with Crippen LogP contribution in [0.2, 0.25) is 0 Å². The number of rotatable bonds is 5. The molecule has 0 aliphatic carbocycles. The van der Waals surface area contributed by atoms with Crippen molar-refractivity contribution in [3.8, 4) is 11.8 Å². The van der Waals surface area contributed by atoms with Gasteiger partial charge in [0.1, 0.15) is 5.75 Å². The van der Waals surface area contributed by atoms with Gasteiger partial charge in [0.05, 0.1) is 24.2 Å². The highest BCUT2D eigenvalue weighted by molar-refractivity contribution is 5.38. The minimum atomic E-state index is -0.552. The number of hydrogen-bond acceptors (Lipinski definition) is 3. The topological polar surface area (TPSA) is 53.2 Å². The third-order valence-corrected chi connectivity index (χ3v) is 2.90. The molecule has 0 amide bonds. The van der Waals surface area contributed by atoms with Crippen LogP contribution < -0.4 is 4.74 Å². The molecule has 0 aliphatic rings. The highest BCUT2D eigenvalue weighted by Gasteiger charge is 2.17. The number of aliphatic hydroxyl groups excluding tert-OH is 1. The molecule has 0 bridgehead atoms. The number of nitriles is 1. The molecule has 1 N–H and O–H groups in total. The SMILES string of the molecule is Cc1ccc(OCCC(C)(C)C#N)c([C@@H](C)O)c1. The second kappa shape index (κ2) is 5.88. The fourth-order valence-electron chi connectivity index (χ4n) is 1.60. The Balaban J connectivity index is 2.71. The lowest BCUT2D eigenvalue weighted by Gasteiger charge is -2.18. The van der Waals surface area contributed by atoms with Gasteiger partial charge in [0.15, 0.2) is 0 Å². The second-order valence-corrected chi connectivity index (χ2v) is 5.31. The summed E-state index contributed by atoms with van der Waals surface area (Å²) in [5.74, 6) is 0.698. The molecule has 0 saturated carbocycles. The van der Waals surface area contributed by atoms with Gasteiger partial charge >= 0.3 is 0 Å². The Bertz CT molecular complexity index is 444. The van der Waals surface area contributed by atoms with Crippen LogP contribution in [0.3, 0.4) is 0 Å². The number of nitrogens with zero attached hydrogens (tertiary/aromatic N) is 1. The van der Waals surface area contributed by atoms with E-state index in [0.717, 1.165) is 11.1 Å². The van der Waals surface area contributed by atoms with Crippen molar-refractivity contribution in [1.29, 1.82) is 5.26 Å². The molecule has 1 atom stereocenters. The van der Waals surface area contributed by atoms with E-state index >= 15 is 0 Å². The molecule has 0 unspecified atom stereocenters. The summed E-state index contributed by atoms with van der Waals surface area (Å²) in [5, 5.41) is 18.6. The second-order valence-electron chi connectivity index (χ2n) is 5.31. The molecule has 0 fully saturated rings. The van der Waals surface area contributed by atoms with Crippen LogP contribution >= 0.6 is 0 Å². The molecular weight excluding hydrogens is 226 g/mol. The van der Waals surface area contributed by atoms with E-state index < -0.39 is 6.10 Å². The van der Waals surface area contributed by atoms with Crippen LogP contribution in [-0.4, -0.2) is 11.7 Å². The first-order chi connectivity index (χ1) is 8.35. The van der Waals surface area contributed by atoms with Gasteiger partial charge < -0.3 is 9.84 Å². The minimum Gasteiger partial charge on any atom is -0.493 e. The summed E-state index contributed by atoms with van der Waals surface area (Å²) in [4.78, 5) is 0. The summed E-state index contributed by atoms with van der Waals surface area (Å²) in [6.45, 7) is 7.96. The molecule has 18 heavy (non-hydrogen) atoms. The predicted octanol–water partition coefficient (Wildman–Crippen LogP) is 3.37.